The molecule has 1 N–H and O–H groups in total. The van der Waals surface area contributed by atoms with Crippen molar-refractivity contribution in [3.63, 3.8) is 0 Å². The minimum atomic E-state index is -0.700. The molecule has 0 atom stereocenters. The van der Waals surface area contributed by atoms with Gasteiger partial charge in [0.2, 0.25) is 0 Å². The van der Waals surface area contributed by atoms with Crippen LogP contribution in [0.5, 0.6) is 5.75 Å². The van der Waals surface area contributed by atoms with Crippen LogP contribution in [0.4, 0.5) is 0 Å². The third kappa shape index (κ3) is 3.06. The van der Waals surface area contributed by atoms with Crippen LogP contribution >= 0.6 is 0 Å². The van der Waals surface area contributed by atoms with Crippen LogP contribution in [0.1, 0.15) is 15.9 Å². The molecular weight excluding hydrogens is 296 g/mol. The number of benzene rings is 1. The zero-order chi connectivity index (χ0) is 16.2. The fraction of sp³-hybridized carbons (Fsp3) is 0.118. The Morgan fingerprint density at radius 3 is 2.78 bits per heavy atom. The number of aromatic nitrogens is 1. The molecule has 0 bridgehead atoms. The van der Waals surface area contributed by atoms with Crippen LogP contribution in [0.2, 0.25) is 0 Å². The summed E-state index contributed by atoms with van der Waals surface area (Å²) in [6.45, 7) is 0.303. The maximum absolute atomic E-state index is 12.2. The average molecular weight is 310 g/mol. The first-order chi connectivity index (χ1) is 11.2. The molecule has 1 amide bonds. The summed E-state index contributed by atoms with van der Waals surface area (Å²) < 4.78 is 10.4. The van der Waals surface area contributed by atoms with E-state index >= 15 is 0 Å². The summed E-state index contributed by atoms with van der Waals surface area (Å²) in [7, 11) is 1.49. The van der Waals surface area contributed by atoms with E-state index in [4.69, 9.17) is 9.15 Å². The Balaban J connectivity index is 1.89. The van der Waals surface area contributed by atoms with E-state index in [9.17, 15) is 9.59 Å². The highest BCUT2D eigenvalue weighted by Crippen LogP contribution is 2.24. The first kappa shape index (κ1) is 14.8. The van der Waals surface area contributed by atoms with Gasteiger partial charge in [-0.05, 0) is 29.8 Å². The molecule has 0 aliphatic rings. The van der Waals surface area contributed by atoms with Gasteiger partial charge in [-0.25, -0.2) is 4.79 Å². The fourth-order valence-corrected chi connectivity index (χ4v) is 2.21. The smallest absolute Gasteiger partial charge is 0.349 e. The van der Waals surface area contributed by atoms with E-state index in [-0.39, 0.29) is 5.56 Å². The van der Waals surface area contributed by atoms with Crippen LogP contribution in [0.3, 0.4) is 0 Å². The van der Waals surface area contributed by atoms with Gasteiger partial charge in [0, 0.05) is 24.3 Å². The van der Waals surface area contributed by atoms with E-state index in [1.54, 1.807) is 42.7 Å². The van der Waals surface area contributed by atoms with Crippen molar-refractivity contribution in [1.29, 1.82) is 0 Å². The highest BCUT2D eigenvalue weighted by molar-refractivity contribution is 5.97. The van der Waals surface area contributed by atoms with Crippen molar-refractivity contribution in [3.8, 4) is 5.75 Å². The first-order valence-corrected chi connectivity index (χ1v) is 6.97. The topological polar surface area (TPSA) is 81.4 Å². The van der Waals surface area contributed by atoms with Gasteiger partial charge in [-0.2, -0.15) is 0 Å². The number of nitrogens with zero attached hydrogens (tertiary/aromatic N) is 1. The van der Waals surface area contributed by atoms with E-state index in [0.29, 0.717) is 23.3 Å². The Bertz CT molecular complexity index is 903. The van der Waals surface area contributed by atoms with Gasteiger partial charge in [0.1, 0.15) is 5.56 Å². The maximum atomic E-state index is 12.2. The molecule has 6 nitrogen and oxygen atoms in total. The minimum absolute atomic E-state index is 0.0418. The highest BCUT2D eigenvalue weighted by Gasteiger charge is 2.15. The van der Waals surface area contributed by atoms with Crippen LogP contribution < -0.4 is 15.7 Å². The molecule has 0 radical (unpaired) electrons. The number of hydrogen-bond donors (Lipinski definition) is 1. The normalized spacial score (nSPS) is 10.5. The summed E-state index contributed by atoms with van der Waals surface area (Å²) in [5, 5.41) is 3.31. The number of carbonyl (C=O) groups is 1. The lowest BCUT2D eigenvalue weighted by Gasteiger charge is -2.07. The van der Waals surface area contributed by atoms with Crippen molar-refractivity contribution in [2.24, 2.45) is 0 Å². The predicted molar refractivity (Wildman–Crippen MR) is 84.4 cm³/mol. The van der Waals surface area contributed by atoms with Gasteiger partial charge in [0.25, 0.3) is 5.91 Å². The van der Waals surface area contributed by atoms with Crippen molar-refractivity contribution in [2.45, 2.75) is 6.54 Å². The molecule has 0 unspecified atom stereocenters. The molecule has 23 heavy (non-hydrogen) atoms. The van der Waals surface area contributed by atoms with E-state index in [2.05, 4.69) is 10.3 Å². The van der Waals surface area contributed by atoms with Crippen LogP contribution in [0.15, 0.2) is 58.0 Å². The van der Waals surface area contributed by atoms with Crippen LogP contribution in [-0.2, 0) is 6.54 Å². The molecule has 3 aromatic rings. The van der Waals surface area contributed by atoms with E-state index in [1.807, 2.05) is 0 Å². The third-order valence-electron chi connectivity index (χ3n) is 3.39. The second-order valence-electron chi connectivity index (χ2n) is 4.86. The lowest BCUT2D eigenvalue weighted by Crippen LogP contribution is -2.27. The molecule has 2 heterocycles. The quantitative estimate of drug-likeness (QED) is 0.747. The number of fused-ring (bicyclic) bond motifs is 1. The van der Waals surface area contributed by atoms with Gasteiger partial charge in [0.15, 0.2) is 11.3 Å². The molecule has 2 aromatic heterocycles. The molecule has 0 saturated heterocycles. The second-order valence-corrected chi connectivity index (χ2v) is 4.86. The number of ether oxygens (including phenoxy) is 1. The molecular formula is C17H14N2O4. The molecule has 0 fully saturated rings. The highest BCUT2D eigenvalue weighted by atomic mass is 16.5. The van der Waals surface area contributed by atoms with Crippen LogP contribution in [-0.4, -0.2) is 18.0 Å². The Morgan fingerprint density at radius 2 is 2.04 bits per heavy atom. The Labute approximate surface area is 131 Å². The van der Waals surface area contributed by atoms with Crippen molar-refractivity contribution >= 4 is 16.9 Å². The Kier molecular flexibility index (Phi) is 4.05. The van der Waals surface area contributed by atoms with Crippen LogP contribution in [0.25, 0.3) is 11.0 Å². The molecule has 1 aromatic carbocycles. The van der Waals surface area contributed by atoms with Gasteiger partial charge in [-0.3, -0.25) is 9.78 Å². The second kappa shape index (κ2) is 6.31. The Hall–Kier alpha value is -3.15. The molecule has 0 aliphatic carbocycles. The average Bonchev–Trinajstić information content (AvgIpc) is 2.59. The molecule has 6 heteroatoms. The van der Waals surface area contributed by atoms with E-state index in [0.717, 1.165) is 5.56 Å². The number of pyridine rings is 1. The summed E-state index contributed by atoms with van der Waals surface area (Å²) in [5.74, 6) is -0.0383. The standard InChI is InChI=1S/C17H14N2O4/c1-22-14-4-2-3-12-9-13(17(21)23-15(12)14)16(20)19-10-11-5-7-18-8-6-11/h2-9H,10H2,1H3,(H,19,20). The van der Waals surface area contributed by atoms with Crippen molar-refractivity contribution < 1.29 is 13.9 Å². The Morgan fingerprint density at radius 1 is 1.26 bits per heavy atom. The number of para-hydroxylation sites is 1. The molecule has 0 saturated carbocycles. The summed E-state index contributed by atoms with van der Waals surface area (Å²) in [4.78, 5) is 28.2. The van der Waals surface area contributed by atoms with E-state index in [1.165, 1.54) is 13.2 Å². The van der Waals surface area contributed by atoms with Gasteiger partial charge >= 0.3 is 5.63 Å². The number of amides is 1. The summed E-state index contributed by atoms with van der Waals surface area (Å²) in [5.41, 5.74) is 0.472. The predicted octanol–water partition coefficient (Wildman–Crippen LogP) is 2.13. The van der Waals surface area contributed by atoms with Gasteiger partial charge in [-0.15, -0.1) is 0 Å². The first-order valence-electron chi connectivity index (χ1n) is 6.97. The maximum Gasteiger partial charge on any atom is 0.349 e. The molecule has 0 spiro atoms. The van der Waals surface area contributed by atoms with Crippen molar-refractivity contribution in [3.05, 3.63) is 70.3 Å². The lowest BCUT2D eigenvalue weighted by atomic mass is 10.1. The number of rotatable bonds is 4. The minimum Gasteiger partial charge on any atom is -0.493 e. The summed E-state index contributed by atoms with van der Waals surface area (Å²) in [6.07, 6.45) is 3.27. The molecule has 0 aliphatic heterocycles. The fourth-order valence-electron chi connectivity index (χ4n) is 2.21. The number of carbonyl (C=O) groups excluding carboxylic acids is 1. The number of nitrogens with one attached hydrogen (secondary N) is 1. The molecule has 116 valence electrons. The summed E-state index contributed by atoms with van der Waals surface area (Å²) >= 11 is 0. The number of hydrogen-bond acceptors (Lipinski definition) is 5. The van der Waals surface area contributed by atoms with Gasteiger partial charge in [0.05, 0.1) is 7.11 Å². The zero-order valence-electron chi connectivity index (χ0n) is 12.4. The SMILES string of the molecule is COc1cccc2cc(C(=O)NCc3ccncc3)c(=O)oc12. The lowest BCUT2D eigenvalue weighted by molar-refractivity contribution is 0.0947. The monoisotopic (exact) mass is 310 g/mol. The summed E-state index contributed by atoms with van der Waals surface area (Å²) in [6, 6.07) is 10.3. The zero-order valence-corrected chi connectivity index (χ0v) is 12.4. The van der Waals surface area contributed by atoms with Crippen molar-refractivity contribution in [1.82, 2.24) is 10.3 Å². The van der Waals surface area contributed by atoms with E-state index < -0.39 is 11.5 Å². The largest absolute Gasteiger partial charge is 0.493 e. The van der Waals surface area contributed by atoms with Gasteiger partial charge < -0.3 is 14.5 Å². The third-order valence-corrected chi connectivity index (χ3v) is 3.39. The van der Waals surface area contributed by atoms with Gasteiger partial charge in [-0.1, -0.05) is 12.1 Å². The number of methoxy groups -OCH3 is 1. The van der Waals surface area contributed by atoms with Crippen molar-refractivity contribution in [2.75, 3.05) is 7.11 Å². The van der Waals surface area contributed by atoms with Crippen LogP contribution in [0, 0.1) is 0 Å². The molecule has 3 rings (SSSR count).